The van der Waals surface area contributed by atoms with Crippen LogP contribution in [0.1, 0.15) is 12.8 Å². The number of rotatable bonds is 6. The smallest absolute Gasteiger partial charge is 0.0548 e. The fourth-order valence-electron chi connectivity index (χ4n) is 8.05. The maximum absolute atomic E-state index is 2.43. The average molecular weight is 654 g/mol. The zero-order valence-electron chi connectivity index (χ0n) is 28.2. The van der Waals surface area contributed by atoms with Gasteiger partial charge in [0.05, 0.1) is 22.1 Å². The van der Waals surface area contributed by atoms with E-state index in [0.717, 1.165) is 35.6 Å². The van der Waals surface area contributed by atoms with E-state index in [1.807, 2.05) is 0 Å². The van der Waals surface area contributed by atoms with E-state index in [1.54, 1.807) is 0 Å². The molecule has 1 aliphatic carbocycles. The van der Waals surface area contributed by atoms with E-state index < -0.39 is 0 Å². The lowest BCUT2D eigenvalue weighted by Gasteiger charge is -2.27. The van der Waals surface area contributed by atoms with Crippen LogP contribution >= 0.6 is 0 Å². The summed E-state index contributed by atoms with van der Waals surface area (Å²) in [5.41, 5.74) is 13.1. The number of anilines is 2. The van der Waals surface area contributed by atoms with Gasteiger partial charge in [-0.3, -0.25) is 0 Å². The molecule has 0 amide bonds. The van der Waals surface area contributed by atoms with Gasteiger partial charge in [0.1, 0.15) is 0 Å². The summed E-state index contributed by atoms with van der Waals surface area (Å²) in [4.78, 5) is 2.36. The van der Waals surface area contributed by atoms with E-state index in [-0.39, 0.29) is 0 Å². The van der Waals surface area contributed by atoms with Gasteiger partial charge >= 0.3 is 0 Å². The quantitative estimate of drug-likeness (QED) is 0.174. The monoisotopic (exact) mass is 653 g/mol. The first kappa shape index (κ1) is 29.3. The van der Waals surface area contributed by atoms with E-state index in [2.05, 4.69) is 202 Å². The zero-order valence-corrected chi connectivity index (χ0v) is 28.2. The van der Waals surface area contributed by atoms with Gasteiger partial charge in [0.2, 0.25) is 0 Å². The number of benzene rings is 7. The van der Waals surface area contributed by atoms with Crippen molar-refractivity contribution in [2.45, 2.75) is 12.8 Å². The van der Waals surface area contributed by atoms with Gasteiger partial charge in [0.25, 0.3) is 0 Å². The third-order valence-electron chi connectivity index (χ3n) is 10.3. The Labute approximate surface area is 297 Å². The van der Waals surface area contributed by atoms with E-state index in [4.69, 9.17) is 0 Å². The van der Waals surface area contributed by atoms with Crippen molar-refractivity contribution in [2.24, 2.45) is 0 Å². The van der Waals surface area contributed by atoms with E-state index in [9.17, 15) is 0 Å². The summed E-state index contributed by atoms with van der Waals surface area (Å²) < 4.78 is 4.85. The summed E-state index contributed by atoms with van der Waals surface area (Å²) in [6, 6.07) is 61.6. The summed E-state index contributed by atoms with van der Waals surface area (Å²) >= 11 is 0. The molecule has 3 heteroatoms. The fraction of sp³-hybridized carbons (Fsp3) is 0.0417. The molecule has 51 heavy (non-hydrogen) atoms. The van der Waals surface area contributed by atoms with Gasteiger partial charge in [-0.1, -0.05) is 109 Å². The van der Waals surface area contributed by atoms with Crippen molar-refractivity contribution in [2.75, 3.05) is 4.90 Å². The van der Waals surface area contributed by atoms with Gasteiger partial charge in [-0.25, -0.2) is 0 Å². The van der Waals surface area contributed by atoms with Crippen LogP contribution in [0.4, 0.5) is 11.4 Å². The Morgan fingerprint density at radius 1 is 0.392 bits per heavy atom. The third kappa shape index (κ3) is 4.81. The predicted molar refractivity (Wildman–Crippen MR) is 216 cm³/mol. The molecule has 0 radical (unpaired) electrons. The van der Waals surface area contributed by atoms with Crippen molar-refractivity contribution < 1.29 is 0 Å². The number of hydrogen-bond acceptors (Lipinski definition) is 1. The van der Waals surface area contributed by atoms with Crippen LogP contribution in [-0.2, 0) is 0 Å². The number of allylic oxidation sites excluding steroid dienone is 3. The van der Waals surface area contributed by atoms with Crippen LogP contribution in [0.2, 0.25) is 0 Å². The number of para-hydroxylation sites is 3. The molecule has 3 nitrogen and oxygen atoms in total. The Balaban J connectivity index is 1.15. The minimum atomic E-state index is 1.05. The number of aromatic nitrogens is 2. The largest absolute Gasteiger partial charge is 0.311 e. The summed E-state index contributed by atoms with van der Waals surface area (Å²) in [5, 5.41) is 5.09. The van der Waals surface area contributed by atoms with Crippen LogP contribution in [0.3, 0.4) is 0 Å². The van der Waals surface area contributed by atoms with Gasteiger partial charge in [-0.15, -0.1) is 0 Å². The molecule has 10 rings (SSSR count). The van der Waals surface area contributed by atoms with Crippen molar-refractivity contribution in [1.29, 1.82) is 0 Å². The molecular weight excluding hydrogens is 619 g/mol. The second kappa shape index (κ2) is 12.1. The molecular formula is C48H35N3. The second-order valence-corrected chi connectivity index (χ2v) is 13.3. The highest BCUT2D eigenvalue weighted by Gasteiger charge is 2.21. The van der Waals surface area contributed by atoms with E-state index >= 15 is 0 Å². The molecule has 0 aliphatic heterocycles. The van der Waals surface area contributed by atoms with Crippen molar-refractivity contribution in [3.63, 3.8) is 0 Å². The maximum Gasteiger partial charge on any atom is 0.0548 e. The molecule has 0 N–H and O–H groups in total. The highest BCUT2D eigenvalue weighted by molar-refractivity contribution is 6.28. The van der Waals surface area contributed by atoms with Crippen LogP contribution in [0, 0.1) is 0 Å². The topological polar surface area (TPSA) is 13.1 Å². The highest BCUT2D eigenvalue weighted by Crippen LogP contribution is 2.43. The molecule has 7 aromatic carbocycles. The number of nitrogens with zero attached hydrogens (tertiary/aromatic N) is 3. The van der Waals surface area contributed by atoms with Crippen molar-refractivity contribution >= 4 is 55.0 Å². The Bertz CT molecular complexity index is 2760. The first-order valence-electron chi connectivity index (χ1n) is 17.8. The minimum Gasteiger partial charge on any atom is -0.311 e. The summed E-state index contributed by atoms with van der Waals surface area (Å²) in [6.07, 6.45) is 9.00. The Morgan fingerprint density at radius 3 is 1.45 bits per heavy atom. The molecule has 0 saturated carbocycles. The summed E-state index contributed by atoms with van der Waals surface area (Å²) in [7, 11) is 0. The van der Waals surface area contributed by atoms with Crippen LogP contribution in [0.5, 0.6) is 0 Å². The maximum atomic E-state index is 2.43. The molecule has 9 aromatic rings. The molecule has 0 fully saturated rings. The molecule has 2 aromatic heterocycles. The Hall–Kier alpha value is -6.58. The molecule has 0 bridgehead atoms. The lowest BCUT2D eigenvalue weighted by Crippen LogP contribution is -2.16. The molecule has 2 heterocycles. The molecule has 0 saturated heterocycles. The van der Waals surface area contributed by atoms with Gasteiger partial charge in [0.15, 0.2) is 0 Å². The van der Waals surface area contributed by atoms with Crippen LogP contribution in [-0.4, -0.2) is 9.13 Å². The van der Waals surface area contributed by atoms with Crippen molar-refractivity contribution in [1.82, 2.24) is 9.13 Å². The third-order valence-corrected chi connectivity index (χ3v) is 10.3. The molecule has 242 valence electrons. The molecule has 1 aliphatic rings. The van der Waals surface area contributed by atoms with Crippen LogP contribution in [0.15, 0.2) is 194 Å². The Kier molecular flexibility index (Phi) is 6.95. The lowest BCUT2D eigenvalue weighted by molar-refractivity contribution is 0.997. The molecule has 0 atom stereocenters. The van der Waals surface area contributed by atoms with Crippen molar-refractivity contribution in [3.05, 3.63) is 194 Å². The van der Waals surface area contributed by atoms with Crippen LogP contribution < -0.4 is 4.90 Å². The Morgan fingerprint density at radius 2 is 0.882 bits per heavy atom. The first-order valence-corrected chi connectivity index (χ1v) is 17.8. The van der Waals surface area contributed by atoms with Crippen LogP contribution in [0.25, 0.3) is 66.1 Å². The average Bonchev–Trinajstić information content (AvgIpc) is 3.72. The fourth-order valence-corrected chi connectivity index (χ4v) is 8.05. The summed E-state index contributed by atoms with van der Waals surface area (Å²) in [6.45, 7) is 0. The minimum absolute atomic E-state index is 1.05. The van der Waals surface area contributed by atoms with E-state index in [0.29, 0.717) is 0 Å². The van der Waals surface area contributed by atoms with Gasteiger partial charge in [-0.05, 0) is 103 Å². The highest BCUT2D eigenvalue weighted by atomic mass is 15.1. The standard InChI is InChI=1S/C48H35N3/c1-4-14-34(15-5-1)35-24-26-39(27-25-35)50-43-22-12-10-20-41(43)47-45(50)32-33-46-48(47)42-21-11-13-23-44(42)51(46)40-30-28-38(29-31-40)49(36-16-6-2-7-17-36)37-18-8-3-9-19-37/h1-2,4-8,10-33H,3,9H2. The normalized spacial score (nSPS) is 13.0. The van der Waals surface area contributed by atoms with Gasteiger partial charge in [0, 0.05) is 50.0 Å². The van der Waals surface area contributed by atoms with E-state index in [1.165, 1.54) is 60.4 Å². The van der Waals surface area contributed by atoms with Gasteiger partial charge < -0.3 is 14.0 Å². The molecule has 0 spiro atoms. The van der Waals surface area contributed by atoms with Crippen molar-refractivity contribution in [3.8, 4) is 22.5 Å². The SMILES string of the molecule is C1=CC(N(c2ccccc2)c2ccc(-n3c4ccccc4c4c5c6ccccc6n(-c6ccc(-c7ccccc7)cc6)c5ccc43)cc2)=CCC1. The second-order valence-electron chi connectivity index (χ2n) is 13.3. The molecule has 0 unspecified atom stereocenters. The number of hydrogen-bond donors (Lipinski definition) is 0. The lowest BCUT2D eigenvalue weighted by atomic mass is 10.1. The first-order chi connectivity index (χ1) is 25.3. The van der Waals surface area contributed by atoms with Gasteiger partial charge in [-0.2, -0.15) is 0 Å². The predicted octanol–water partition coefficient (Wildman–Crippen LogP) is 12.9. The zero-order chi connectivity index (χ0) is 33.7. The summed E-state index contributed by atoms with van der Waals surface area (Å²) in [5.74, 6) is 0. The number of fused-ring (bicyclic) bond motifs is 7.